The minimum Gasteiger partial charge on any atom is -0.481 e. The Bertz CT molecular complexity index is 463. The molecule has 0 radical (unpaired) electrons. The van der Waals surface area contributed by atoms with E-state index in [4.69, 9.17) is 10.8 Å². The molecule has 0 bridgehead atoms. The molecule has 8 nitrogen and oxygen atoms in total. The molecule has 0 aliphatic carbocycles. The molecule has 0 spiro atoms. The fourth-order valence-electron chi connectivity index (χ4n) is 1.35. The highest BCUT2D eigenvalue weighted by Gasteiger charge is 2.16. The van der Waals surface area contributed by atoms with Gasteiger partial charge in [-0.1, -0.05) is 6.92 Å². The molecule has 98 valence electrons. The summed E-state index contributed by atoms with van der Waals surface area (Å²) in [5, 5.41) is 22.2. The second kappa shape index (κ2) is 5.80. The summed E-state index contributed by atoms with van der Waals surface area (Å²) in [5.74, 6) is -1.32. The molecule has 1 aromatic rings. The predicted molar refractivity (Wildman–Crippen MR) is 65.2 cm³/mol. The monoisotopic (exact) mass is 254 g/mol. The van der Waals surface area contributed by atoms with E-state index in [9.17, 15) is 14.9 Å². The van der Waals surface area contributed by atoms with Gasteiger partial charge in [-0.25, -0.2) is 4.98 Å². The van der Waals surface area contributed by atoms with Crippen molar-refractivity contribution in [2.75, 3.05) is 17.6 Å². The summed E-state index contributed by atoms with van der Waals surface area (Å²) in [6.07, 6.45) is 0.477. The quantitative estimate of drug-likeness (QED) is 0.511. The first-order valence-electron chi connectivity index (χ1n) is 5.33. The average Bonchev–Trinajstić information content (AvgIpc) is 2.28. The van der Waals surface area contributed by atoms with Crippen molar-refractivity contribution in [2.45, 2.75) is 13.3 Å². The van der Waals surface area contributed by atoms with Crippen LogP contribution in [0.15, 0.2) is 12.1 Å². The van der Waals surface area contributed by atoms with Crippen LogP contribution >= 0.6 is 0 Å². The molecular weight excluding hydrogens is 240 g/mol. The lowest BCUT2D eigenvalue weighted by Gasteiger charge is -2.11. The van der Waals surface area contributed by atoms with Crippen LogP contribution in [0.25, 0.3) is 0 Å². The molecule has 1 heterocycles. The number of carbonyl (C=O) groups is 1. The second-order valence-electron chi connectivity index (χ2n) is 3.68. The van der Waals surface area contributed by atoms with Gasteiger partial charge in [0.2, 0.25) is 5.82 Å². The standard InChI is InChI=1S/C10H14N4O4/c1-2-6(10(15)16)5-12-8-4-3-7(14(17)18)9(11)13-8/h3-4,6H,2,5H2,1H3,(H,15,16)(H3,11,12,13). The number of nitrogens with two attached hydrogens (primary N) is 1. The number of nitrogen functional groups attached to an aromatic ring is 1. The van der Waals surface area contributed by atoms with Gasteiger partial charge < -0.3 is 16.2 Å². The smallest absolute Gasteiger partial charge is 0.311 e. The van der Waals surface area contributed by atoms with Gasteiger partial charge in [0.15, 0.2) is 0 Å². The summed E-state index contributed by atoms with van der Waals surface area (Å²) in [5.41, 5.74) is 5.14. The summed E-state index contributed by atoms with van der Waals surface area (Å²) in [7, 11) is 0. The zero-order chi connectivity index (χ0) is 13.7. The third-order valence-corrected chi connectivity index (χ3v) is 2.47. The van der Waals surface area contributed by atoms with E-state index >= 15 is 0 Å². The van der Waals surface area contributed by atoms with Crippen molar-refractivity contribution in [1.82, 2.24) is 4.98 Å². The lowest BCUT2D eigenvalue weighted by atomic mass is 10.1. The van der Waals surface area contributed by atoms with Crippen LogP contribution in [0.4, 0.5) is 17.3 Å². The molecule has 4 N–H and O–H groups in total. The number of nitrogens with zero attached hydrogens (tertiary/aromatic N) is 2. The summed E-state index contributed by atoms with van der Waals surface area (Å²) in [6.45, 7) is 1.95. The van der Waals surface area contributed by atoms with Crippen LogP contribution < -0.4 is 11.1 Å². The number of nitrogens with one attached hydrogen (secondary N) is 1. The largest absolute Gasteiger partial charge is 0.481 e. The molecule has 0 aliphatic rings. The molecule has 1 atom stereocenters. The van der Waals surface area contributed by atoms with Gasteiger partial charge >= 0.3 is 11.7 Å². The minimum atomic E-state index is -0.903. The fraction of sp³-hybridized carbons (Fsp3) is 0.400. The molecule has 0 amide bonds. The Balaban J connectivity index is 2.72. The number of aromatic nitrogens is 1. The molecule has 1 unspecified atom stereocenters. The molecule has 0 saturated heterocycles. The van der Waals surface area contributed by atoms with Gasteiger partial charge in [-0.2, -0.15) is 0 Å². The van der Waals surface area contributed by atoms with Crippen molar-refractivity contribution in [3.63, 3.8) is 0 Å². The zero-order valence-electron chi connectivity index (χ0n) is 9.79. The van der Waals surface area contributed by atoms with Crippen LogP contribution in [0, 0.1) is 16.0 Å². The number of carboxylic acid groups (broad SMARTS) is 1. The van der Waals surface area contributed by atoms with Crippen LogP contribution in [0.2, 0.25) is 0 Å². The topological polar surface area (TPSA) is 131 Å². The number of carboxylic acids is 1. The van der Waals surface area contributed by atoms with Crippen molar-refractivity contribution in [3.05, 3.63) is 22.2 Å². The molecule has 0 fully saturated rings. The predicted octanol–water partition coefficient (Wildman–Crippen LogP) is 1.09. The van der Waals surface area contributed by atoms with Crippen molar-refractivity contribution in [1.29, 1.82) is 0 Å². The van der Waals surface area contributed by atoms with Gasteiger partial charge in [0.05, 0.1) is 10.8 Å². The maximum Gasteiger partial charge on any atom is 0.311 e. The number of hydrogen-bond donors (Lipinski definition) is 3. The number of rotatable bonds is 6. The molecule has 0 saturated carbocycles. The first-order valence-corrected chi connectivity index (χ1v) is 5.33. The van der Waals surface area contributed by atoms with Crippen LogP contribution in [0.5, 0.6) is 0 Å². The highest BCUT2D eigenvalue weighted by Crippen LogP contribution is 2.20. The Hall–Kier alpha value is -2.38. The number of hydrogen-bond acceptors (Lipinski definition) is 6. The van der Waals surface area contributed by atoms with E-state index in [1.165, 1.54) is 12.1 Å². The summed E-state index contributed by atoms with van der Waals surface area (Å²) >= 11 is 0. The maximum atomic E-state index is 10.8. The molecular formula is C10H14N4O4. The van der Waals surface area contributed by atoms with Crippen molar-refractivity contribution >= 4 is 23.3 Å². The Morgan fingerprint density at radius 2 is 2.33 bits per heavy atom. The van der Waals surface area contributed by atoms with Crippen LogP contribution in [-0.2, 0) is 4.79 Å². The summed E-state index contributed by atoms with van der Waals surface area (Å²) in [6, 6.07) is 2.62. The Kier molecular flexibility index (Phi) is 4.41. The first-order chi connectivity index (χ1) is 8.45. The van der Waals surface area contributed by atoms with E-state index in [-0.39, 0.29) is 18.1 Å². The normalized spacial score (nSPS) is 11.8. The van der Waals surface area contributed by atoms with E-state index in [0.717, 1.165) is 0 Å². The Morgan fingerprint density at radius 1 is 1.67 bits per heavy atom. The molecule has 1 aromatic heterocycles. The van der Waals surface area contributed by atoms with Crippen LogP contribution in [-0.4, -0.2) is 27.5 Å². The molecule has 1 rings (SSSR count). The maximum absolute atomic E-state index is 10.8. The zero-order valence-corrected chi connectivity index (χ0v) is 9.79. The molecule has 18 heavy (non-hydrogen) atoms. The number of aliphatic carboxylic acids is 1. The molecule has 0 aliphatic heterocycles. The number of pyridine rings is 1. The third-order valence-electron chi connectivity index (χ3n) is 2.47. The second-order valence-corrected chi connectivity index (χ2v) is 3.68. The average molecular weight is 254 g/mol. The number of nitro groups is 1. The number of anilines is 2. The van der Waals surface area contributed by atoms with Crippen LogP contribution in [0.1, 0.15) is 13.3 Å². The highest BCUT2D eigenvalue weighted by atomic mass is 16.6. The van der Waals surface area contributed by atoms with Gasteiger partial charge in [0.1, 0.15) is 5.82 Å². The summed E-state index contributed by atoms with van der Waals surface area (Å²) < 4.78 is 0. The minimum absolute atomic E-state index is 0.191. The van der Waals surface area contributed by atoms with E-state index in [0.29, 0.717) is 12.2 Å². The van der Waals surface area contributed by atoms with E-state index in [1.54, 1.807) is 6.92 Å². The Morgan fingerprint density at radius 3 is 2.78 bits per heavy atom. The van der Waals surface area contributed by atoms with Crippen molar-refractivity contribution < 1.29 is 14.8 Å². The van der Waals surface area contributed by atoms with Gasteiger partial charge in [0.25, 0.3) is 0 Å². The summed E-state index contributed by atoms with van der Waals surface area (Å²) in [4.78, 5) is 24.5. The van der Waals surface area contributed by atoms with Crippen molar-refractivity contribution in [3.8, 4) is 0 Å². The van der Waals surface area contributed by atoms with E-state index < -0.39 is 16.8 Å². The lowest BCUT2D eigenvalue weighted by Crippen LogP contribution is -2.22. The van der Waals surface area contributed by atoms with Gasteiger partial charge in [0, 0.05) is 12.6 Å². The Labute approximate surface area is 103 Å². The van der Waals surface area contributed by atoms with Gasteiger partial charge in [-0.15, -0.1) is 0 Å². The lowest BCUT2D eigenvalue weighted by molar-refractivity contribution is -0.384. The third kappa shape index (κ3) is 3.30. The molecule has 8 heteroatoms. The molecule has 0 aromatic carbocycles. The first kappa shape index (κ1) is 13.7. The van der Waals surface area contributed by atoms with Crippen LogP contribution in [0.3, 0.4) is 0 Å². The SMILES string of the molecule is CCC(CNc1ccc([N+](=O)[O-])c(N)n1)C(=O)O. The van der Waals surface area contributed by atoms with Gasteiger partial charge in [-0.3, -0.25) is 14.9 Å². The highest BCUT2D eigenvalue weighted by molar-refractivity contribution is 5.70. The van der Waals surface area contributed by atoms with Gasteiger partial charge in [-0.05, 0) is 12.5 Å². The van der Waals surface area contributed by atoms with E-state index in [1.807, 2.05) is 0 Å². The fourth-order valence-corrected chi connectivity index (χ4v) is 1.35. The van der Waals surface area contributed by atoms with E-state index in [2.05, 4.69) is 10.3 Å². The van der Waals surface area contributed by atoms with Crippen molar-refractivity contribution in [2.24, 2.45) is 5.92 Å².